The summed E-state index contributed by atoms with van der Waals surface area (Å²) in [4.78, 5) is 40.4. The van der Waals surface area contributed by atoms with E-state index in [0.717, 1.165) is 24.1 Å². The minimum Gasteiger partial charge on any atom is -0.480 e. The van der Waals surface area contributed by atoms with Gasteiger partial charge in [-0.1, -0.05) is 6.07 Å². The molecule has 0 atom stereocenters. The fraction of sp³-hybridized carbons (Fsp3) is 0.375. The van der Waals surface area contributed by atoms with E-state index in [0.29, 0.717) is 48.7 Å². The standard InChI is InChI=1S/C24H29N5O4/c1-15-2-3-16(23(32)26-17-4-5-17)12-21(15)27-24(33)19-13-18(6-7-20(19)25)29-10-8-28(9-11-29)14-22(30)31/h2-3,6-7,12-13,17H,4-5,8-11,14,25H2,1H3,(H,26,32)(H,27,33)(H,30,31). The Kier molecular flexibility index (Phi) is 6.50. The van der Waals surface area contributed by atoms with Gasteiger partial charge in [-0.3, -0.25) is 19.3 Å². The number of hydrogen-bond acceptors (Lipinski definition) is 6. The minimum atomic E-state index is -0.834. The summed E-state index contributed by atoms with van der Waals surface area (Å²) in [6.45, 7) is 4.49. The van der Waals surface area contributed by atoms with Gasteiger partial charge in [-0.25, -0.2) is 0 Å². The Morgan fingerprint density at radius 2 is 1.76 bits per heavy atom. The zero-order chi connectivity index (χ0) is 23.5. The smallest absolute Gasteiger partial charge is 0.317 e. The molecule has 1 aliphatic heterocycles. The van der Waals surface area contributed by atoms with Crippen LogP contribution >= 0.6 is 0 Å². The first-order chi connectivity index (χ1) is 15.8. The Hall–Kier alpha value is -3.59. The quantitative estimate of drug-likeness (QED) is 0.474. The van der Waals surface area contributed by atoms with Crippen LogP contribution in [-0.2, 0) is 4.79 Å². The van der Waals surface area contributed by atoms with Crippen LogP contribution in [-0.4, -0.2) is 66.6 Å². The first kappa shape index (κ1) is 22.6. The van der Waals surface area contributed by atoms with Crippen LogP contribution in [0.2, 0.25) is 0 Å². The summed E-state index contributed by atoms with van der Waals surface area (Å²) in [7, 11) is 0. The number of amides is 2. The third-order valence-corrected chi connectivity index (χ3v) is 6.04. The Balaban J connectivity index is 1.46. The molecule has 9 heteroatoms. The van der Waals surface area contributed by atoms with Crippen LogP contribution in [0, 0.1) is 6.92 Å². The second-order valence-electron chi connectivity index (χ2n) is 8.66. The number of aliphatic carboxylic acids is 1. The highest BCUT2D eigenvalue weighted by molar-refractivity contribution is 6.09. The molecule has 0 unspecified atom stereocenters. The molecule has 1 saturated heterocycles. The number of benzene rings is 2. The molecule has 1 heterocycles. The number of piperazine rings is 1. The molecule has 1 aliphatic carbocycles. The number of carbonyl (C=O) groups is 3. The Morgan fingerprint density at radius 3 is 2.42 bits per heavy atom. The van der Waals surface area contributed by atoms with Crippen LogP contribution < -0.4 is 21.3 Å². The molecular formula is C24H29N5O4. The molecule has 2 aromatic carbocycles. The average molecular weight is 452 g/mol. The van der Waals surface area contributed by atoms with Crippen molar-refractivity contribution in [3.8, 4) is 0 Å². The van der Waals surface area contributed by atoms with Crippen LogP contribution in [0.15, 0.2) is 36.4 Å². The van der Waals surface area contributed by atoms with Crippen LogP contribution in [0.1, 0.15) is 39.1 Å². The van der Waals surface area contributed by atoms with Gasteiger partial charge in [0.25, 0.3) is 11.8 Å². The molecule has 9 nitrogen and oxygen atoms in total. The van der Waals surface area contributed by atoms with Crippen molar-refractivity contribution in [3.63, 3.8) is 0 Å². The number of nitrogens with zero attached hydrogens (tertiary/aromatic N) is 2. The van der Waals surface area contributed by atoms with Gasteiger partial charge in [0.1, 0.15) is 0 Å². The molecule has 2 amide bonds. The maximum atomic E-state index is 13.1. The van der Waals surface area contributed by atoms with E-state index in [4.69, 9.17) is 10.8 Å². The summed E-state index contributed by atoms with van der Waals surface area (Å²) in [5.41, 5.74) is 9.60. The summed E-state index contributed by atoms with van der Waals surface area (Å²) in [5, 5.41) is 14.8. The molecular weight excluding hydrogens is 422 g/mol. The van der Waals surface area contributed by atoms with E-state index >= 15 is 0 Å². The number of carboxylic acids is 1. The van der Waals surface area contributed by atoms with Crippen molar-refractivity contribution < 1.29 is 19.5 Å². The SMILES string of the molecule is Cc1ccc(C(=O)NC2CC2)cc1NC(=O)c1cc(N2CCN(CC(=O)O)CC2)ccc1N. The Bertz CT molecular complexity index is 1070. The number of nitrogens with one attached hydrogen (secondary N) is 2. The van der Waals surface area contributed by atoms with Gasteiger partial charge in [0.15, 0.2) is 0 Å². The first-order valence-electron chi connectivity index (χ1n) is 11.1. The van der Waals surface area contributed by atoms with Crippen molar-refractivity contribution in [2.24, 2.45) is 0 Å². The number of hydrogen-bond donors (Lipinski definition) is 4. The summed E-state index contributed by atoms with van der Waals surface area (Å²) in [5.74, 6) is -1.32. The van der Waals surface area contributed by atoms with Crippen molar-refractivity contribution in [1.82, 2.24) is 10.2 Å². The molecule has 0 spiro atoms. The summed E-state index contributed by atoms with van der Waals surface area (Å²) < 4.78 is 0. The highest BCUT2D eigenvalue weighted by Gasteiger charge is 2.24. The summed E-state index contributed by atoms with van der Waals surface area (Å²) >= 11 is 0. The number of rotatable bonds is 7. The lowest BCUT2D eigenvalue weighted by Crippen LogP contribution is -2.48. The molecule has 0 bridgehead atoms. The molecule has 0 aromatic heterocycles. The zero-order valence-corrected chi connectivity index (χ0v) is 18.6. The molecule has 174 valence electrons. The lowest BCUT2D eigenvalue weighted by atomic mass is 10.1. The van der Waals surface area contributed by atoms with Crippen LogP contribution in [0.25, 0.3) is 0 Å². The number of aryl methyl sites for hydroxylation is 1. The van der Waals surface area contributed by atoms with Crippen LogP contribution in [0.3, 0.4) is 0 Å². The summed E-state index contributed by atoms with van der Waals surface area (Å²) in [6.07, 6.45) is 2.01. The van der Waals surface area contributed by atoms with Crippen molar-refractivity contribution in [2.45, 2.75) is 25.8 Å². The zero-order valence-electron chi connectivity index (χ0n) is 18.6. The predicted molar refractivity (Wildman–Crippen MR) is 127 cm³/mol. The monoisotopic (exact) mass is 451 g/mol. The number of anilines is 3. The van der Waals surface area contributed by atoms with E-state index in [2.05, 4.69) is 15.5 Å². The largest absolute Gasteiger partial charge is 0.480 e. The van der Waals surface area contributed by atoms with Crippen molar-refractivity contribution in [1.29, 1.82) is 0 Å². The van der Waals surface area contributed by atoms with E-state index in [-0.39, 0.29) is 24.4 Å². The number of nitrogens with two attached hydrogens (primary N) is 1. The van der Waals surface area contributed by atoms with Gasteiger partial charge in [-0.05, 0) is 55.7 Å². The van der Waals surface area contributed by atoms with Gasteiger partial charge in [0, 0.05) is 54.8 Å². The fourth-order valence-corrected chi connectivity index (χ4v) is 3.88. The van der Waals surface area contributed by atoms with Crippen molar-refractivity contribution >= 4 is 34.8 Å². The molecule has 2 aromatic rings. The lowest BCUT2D eigenvalue weighted by molar-refractivity contribution is -0.138. The minimum absolute atomic E-state index is 0.0281. The highest BCUT2D eigenvalue weighted by atomic mass is 16.4. The third kappa shape index (κ3) is 5.61. The molecule has 1 saturated carbocycles. The van der Waals surface area contributed by atoms with E-state index < -0.39 is 5.97 Å². The molecule has 2 aliphatic rings. The molecule has 2 fully saturated rings. The maximum absolute atomic E-state index is 13.1. The van der Waals surface area contributed by atoms with Crippen molar-refractivity contribution in [2.75, 3.05) is 48.7 Å². The third-order valence-electron chi connectivity index (χ3n) is 6.04. The van der Waals surface area contributed by atoms with Gasteiger partial charge in [0.2, 0.25) is 0 Å². The fourth-order valence-electron chi connectivity index (χ4n) is 3.88. The first-order valence-corrected chi connectivity index (χ1v) is 11.1. The number of carboxylic acid groups (broad SMARTS) is 1. The number of nitrogen functional groups attached to an aromatic ring is 1. The van der Waals surface area contributed by atoms with Gasteiger partial charge >= 0.3 is 5.97 Å². The maximum Gasteiger partial charge on any atom is 0.317 e. The molecule has 0 radical (unpaired) electrons. The van der Waals surface area contributed by atoms with Crippen molar-refractivity contribution in [3.05, 3.63) is 53.1 Å². The Morgan fingerprint density at radius 1 is 1.03 bits per heavy atom. The van der Waals surface area contributed by atoms with Gasteiger partial charge < -0.3 is 26.4 Å². The predicted octanol–water partition coefficient (Wildman–Crippen LogP) is 1.93. The topological polar surface area (TPSA) is 128 Å². The number of carbonyl (C=O) groups excluding carboxylic acids is 2. The van der Waals surface area contributed by atoms with Crippen LogP contribution in [0.5, 0.6) is 0 Å². The molecule has 4 rings (SSSR count). The van der Waals surface area contributed by atoms with E-state index in [9.17, 15) is 14.4 Å². The molecule has 5 N–H and O–H groups in total. The van der Waals surface area contributed by atoms with E-state index in [1.54, 1.807) is 24.3 Å². The van der Waals surface area contributed by atoms with E-state index in [1.165, 1.54) is 0 Å². The lowest BCUT2D eigenvalue weighted by Gasteiger charge is -2.35. The van der Waals surface area contributed by atoms with Crippen LogP contribution in [0.4, 0.5) is 17.1 Å². The average Bonchev–Trinajstić information content (AvgIpc) is 3.59. The normalized spacial score (nSPS) is 16.3. The molecule has 33 heavy (non-hydrogen) atoms. The second-order valence-corrected chi connectivity index (χ2v) is 8.66. The van der Waals surface area contributed by atoms with E-state index in [1.807, 2.05) is 24.0 Å². The van der Waals surface area contributed by atoms with Gasteiger partial charge in [0.05, 0.1) is 12.1 Å². The second kappa shape index (κ2) is 9.50. The van der Waals surface area contributed by atoms with Gasteiger partial charge in [-0.2, -0.15) is 0 Å². The summed E-state index contributed by atoms with van der Waals surface area (Å²) in [6, 6.07) is 10.8. The highest BCUT2D eigenvalue weighted by Crippen LogP contribution is 2.25. The van der Waals surface area contributed by atoms with Gasteiger partial charge in [-0.15, -0.1) is 0 Å². The Labute approximate surface area is 192 Å².